The van der Waals surface area contributed by atoms with E-state index >= 15 is 0 Å². The summed E-state index contributed by atoms with van der Waals surface area (Å²) >= 11 is 0. The summed E-state index contributed by atoms with van der Waals surface area (Å²) in [5.41, 5.74) is 2.22. The highest BCUT2D eigenvalue weighted by atomic mass is 16.2. The van der Waals surface area contributed by atoms with E-state index in [9.17, 15) is 4.79 Å². The normalized spacial score (nSPS) is 17.9. The predicted octanol–water partition coefficient (Wildman–Crippen LogP) is 0.877. The van der Waals surface area contributed by atoms with Crippen molar-refractivity contribution in [3.63, 3.8) is 0 Å². The molecule has 0 aliphatic heterocycles. The zero-order valence-corrected chi connectivity index (χ0v) is 9.83. The van der Waals surface area contributed by atoms with Gasteiger partial charge in [-0.2, -0.15) is 0 Å². The van der Waals surface area contributed by atoms with Gasteiger partial charge in [0.05, 0.1) is 0 Å². The van der Waals surface area contributed by atoms with E-state index < -0.39 is 0 Å². The fraction of sp³-hybridized carbons (Fsp3) is 0.909. The van der Waals surface area contributed by atoms with Gasteiger partial charge in [0.25, 0.3) is 0 Å². The molecule has 1 saturated carbocycles. The number of carbonyl (C=O) groups excluding carboxylic acids is 1. The van der Waals surface area contributed by atoms with Gasteiger partial charge in [-0.1, -0.05) is 20.3 Å². The fourth-order valence-electron chi connectivity index (χ4n) is 1.80. The van der Waals surface area contributed by atoms with Crippen LogP contribution in [0.3, 0.4) is 0 Å². The van der Waals surface area contributed by atoms with Crippen molar-refractivity contribution in [1.82, 2.24) is 10.3 Å². The molecule has 0 aromatic heterocycles. The van der Waals surface area contributed by atoms with E-state index in [4.69, 9.17) is 5.84 Å². The molecule has 0 aromatic carbocycles. The lowest BCUT2D eigenvalue weighted by atomic mass is 10.1. The van der Waals surface area contributed by atoms with Crippen molar-refractivity contribution in [2.45, 2.75) is 45.6 Å². The fourth-order valence-corrected chi connectivity index (χ4v) is 1.80. The van der Waals surface area contributed by atoms with Gasteiger partial charge in [0, 0.05) is 18.5 Å². The first-order valence-electron chi connectivity index (χ1n) is 5.93. The summed E-state index contributed by atoms with van der Waals surface area (Å²) in [7, 11) is 0. The molecule has 1 unspecified atom stereocenters. The highest BCUT2D eigenvalue weighted by Gasteiger charge is 2.30. The van der Waals surface area contributed by atoms with Crippen molar-refractivity contribution in [2.24, 2.45) is 11.8 Å². The summed E-state index contributed by atoms with van der Waals surface area (Å²) in [4.78, 5) is 13.7. The SMILES string of the molecule is CCCCN(CC(C)C(=O)NN)C1CC1. The Bertz CT molecular complexity index is 204. The summed E-state index contributed by atoms with van der Waals surface area (Å²) < 4.78 is 0. The highest BCUT2D eigenvalue weighted by molar-refractivity contribution is 5.77. The molecule has 3 N–H and O–H groups in total. The Morgan fingerprint density at radius 1 is 1.60 bits per heavy atom. The molecule has 4 nitrogen and oxygen atoms in total. The number of nitrogens with two attached hydrogens (primary N) is 1. The molecule has 0 saturated heterocycles. The second kappa shape index (κ2) is 6.08. The van der Waals surface area contributed by atoms with Crippen LogP contribution in [-0.4, -0.2) is 29.9 Å². The number of carbonyl (C=O) groups is 1. The number of rotatable bonds is 7. The number of hydrazine groups is 1. The van der Waals surface area contributed by atoms with Crippen molar-refractivity contribution >= 4 is 5.91 Å². The quantitative estimate of drug-likeness (QED) is 0.375. The molecular formula is C11H23N3O. The number of amides is 1. The van der Waals surface area contributed by atoms with Gasteiger partial charge in [0.15, 0.2) is 0 Å². The molecule has 0 radical (unpaired) electrons. The Labute approximate surface area is 92.2 Å². The zero-order chi connectivity index (χ0) is 11.3. The summed E-state index contributed by atoms with van der Waals surface area (Å²) in [6.45, 7) is 6.08. The molecule has 88 valence electrons. The average molecular weight is 213 g/mol. The first-order valence-corrected chi connectivity index (χ1v) is 5.93. The van der Waals surface area contributed by atoms with Crippen LogP contribution in [-0.2, 0) is 4.79 Å². The van der Waals surface area contributed by atoms with E-state index in [1.807, 2.05) is 6.92 Å². The lowest BCUT2D eigenvalue weighted by Crippen LogP contribution is -2.41. The molecule has 0 bridgehead atoms. The van der Waals surface area contributed by atoms with Crippen molar-refractivity contribution in [3.8, 4) is 0 Å². The number of unbranched alkanes of at least 4 members (excludes halogenated alkanes) is 1. The van der Waals surface area contributed by atoms with Gasteiger partial charge < -0.3 is 0 Å². The number of hydrogen-bond donors (Lipinski definition) is 2. The van der Waals surface area contributed by atoms with E-state index in [0.29, 0.717) is 0 Å². The average Bonchev–Trinajstić information content (AvgIpc) is 3.06. The molecule has 1 rings (SSSR count). The van der Waals surface area contributed by atoms with Crippen LogP contribution in [0.5, 0.6) is 0 Å². The van der Waals surface area contributed by atoms with E-state index in [1.165, 1.54) is 25.7 Å². The minimum absolute atomic E-state index is 0.00699. The number of nitrogens with one attached hydrogen (secondary N) is 1. The molecule has 1 atom stereocenters. The van der Waals surface area contributed by atoms with Crippen LogP contribution < -0.4 is 11.3 Å². The van der Waals surface area contributed by atoms with Crippen molar-refractivity contribution < 1.29 is 4.79 Å². The first-order chi connectivity index (χ1) is 7.19. The van der Waals surface area contributed by atoms with Gasteiger partial charge in [-0.15, -0.1) is 0 Å². The first kappa shape index (κ1) is 12.5. The molecule has 1 aliphatic carbocycles. The van der Waals surface area contributed by atoms with E-state index in [-0.39, 0.29) is 11.8 Å². The summed E-state index contributed by atoms with van der Waals surface area (Å²) in [6.07, 6.45) is 5.01. The summed E-state index contributed by atoms with van der Waals surface area (Å²) in [5.74, 6) is 5.06. The molecule has 0 heterocycles. The Hall–Kier alpha value is -0.610. The van der Waals surface area contributed by atoms with Gasteiger partial charge in [-0.3, -0.25) is 15.1 Å². The van der Waals surface area contributed by atoms with Crippen LogP contribution in [0.1, 0.15) is 39.5 Å². The zero-order valence-electron chi connectivity index (χ0n) is 9.83. The Balaban J connectivity index is 2.32. The second-order valence-corrected chi connectivity index (χ2v) is 4.49. The predicted molar refractivity (Wildman–Crippen MR) is 61.0 cm³/mol. The maximum absolute atomic E-state index is 11.3. The monoisotopic (exact) mass is 213 g/mol. The molecule has 4 heteroatoms. The van der Waals surface area contributed by atoms with Gasteiger partial charge in [0.2, 0.25) is 5.91 Å². The maximum atomic E-state index is 11.3. The molecule has 1 amide bonds. The third-order valence-electron chi connectivity index (χ3n) is 2.96. The molecule has 0 aromatic rings. The Kier molecular flexibility index (Phi) is 5.05. The van der Waals surface area contributed by atoms with Crippen LogP contribution in [0.15, 0.2) is 0 Å². The molecular weight excluding hydrogens is 190 g/mol. The van der Waals surface area contributed by atoms with E-state index in [0.717, 1.165) is 19.1 Å². The minimum atomic E-state index is -0.0582. The largest absolute Gasteiger partial charge is 0.300 e. The smallest absolute Gasteiger partial charge is 0.237 e. The third-order valence-corrected chi connectivity index (χ3v) is 2.96. The van der Waals surface area contributed by atoms with Crippen LogP contribution in [0.25, 0.3) is 0 Å². The van der Waals surface area contributed by atoms with Gasteiger partial charge in [0.1, 0.15) is 0 Å². The van der Waals surface area contributed by atoms with Crippen LogP contribution >= 0.6 is 0 Å². The summed E-state index contributed by atoms with van der Waals surface area (Å²) in [6, 6.07) is 0.726. The Morgan fingerprint density at radius 2 is 2.27 bits per heavy atom. The second-order valence-electron chi connectivity index (χ2n) is 4.49. The van der Waals surface area contributed by atoms with Gasteiger partial charge in [-0.05, 0) is 25.8 Å². The molecule has 0 spiro atoms. The van der Waals surface area contributed by atoms with Crippen LogP contribution in [0, 0.1) is 5.92 Å². The standard InChI is InChI=1S/C11H23N3O/c1-3-4-7-14(10-5-6-10)8-9(2)11(15)13-12/h9-10H,3-8,12H2,1-2H3,(H,13,15). The van der Waals surface area contributed by atoms with Gasteiger partial charge >= 0.3 is 0 Å². The molecule has 1 aliphatic rings. The number of nitrogens with zero attached hydrogens (tertiary/aromatic N) is 1. The van der Waals surface area contributed by atoms with Crippen LogP contribution in [0.4, 0.5) is 0 Å². The Morgan fingerprint density at radius 3 is 2.73 bits per heavy atom. The summed E-state index contributed by atoms with van der Waals surface area (Å²) in [5, 5.41) is 0. The molecule has 1 fully saturated rings. The van der Waals surface area contributed by atoms with Crippen molar-refractivity contribution in [1.29, 1.82) is 0 Å². The van der Waals surface area contributed by atoms with E-state index in [2.05, 4.69) is 17.2 Å². The van der Waals surface area contributed by atoms with Gasteiger partial charge in [-0.25, -0.2) is 5.84 Å². The van der Waals surface area contributed by atoms with Crippen molar-refractivity contribution in [2.75, 3.05) is 13.1 Å². The maximum Gasteiger partial charge on any atom is 0.237 e. The van der Waals surface area contributed by atoms with Crippen LogP contribution in [0.2, 0.25) is 0 Å². The highest BCUT2D eigenvalue weighted by Crippen LogP contribution is 2.27. The molecule has 15 heavy (non-hydrogen) atoms. The lowest BCUT2D eigenvalue weighted by molar-refractivity contribution is -0.125. The topological polar surface area (TPSA) is 58.4 Å². The van der Waals surface area contributed by atoms with E-state index in [1.54, 1.807) is 0 Å². The minimum Gasteiger partial charge on any atom is -0.300 e. The third kappa shape index (κ3) is 4.18. The number of hydrogen-bond acceptors (Lipinski definition) is 3. The lowest BCUT2D eigenvalue weighted by Gasteiger charge is -2.24. The van der Waals surface area contributed by atoms with Crippen molar-refractivity contribution in [3.05, 3.63) is 0 Å².